The molecule has 31 heavy (non-hydrogen) atoms. The van der Waals surface area contributed by atoms with Crippen LogP contribution in [0.15, 0.2) is 9.98 Å². The zero-order valence-electron chi connectivity index (χ0n) is 24.4. The second-order valence-corrected chi connectivity index (χ2v) is 11.4. The van der Waals surface area contributed by atoms with Crippen LogP contribution >= 0.6 is 30.4 Å². The first kappa shape index (κ1) is 56.5. The summed E-state index contributed by atoms with van der Waals surface area (Å²) in [6.07, 6.45) is 0.360. The van der Waals surface area contributed by atoms with Crippen LogP contribution in [0.25, 0.3) is 0 Å². The number of aliphatic imine (C=N–C) groups is 2. The summed E-state index contributed by atoms with van der Waals surface area (Å²) in [5.41, 5.74) is 0. The van der Waals surface area contributed by atoms with Gasteiger partial charge >= 0.3 is 339 Å². The summed E-state index contributed by atoms with van der Waals surface area (Å²) in [5, 5.41) is -3.08. The Hall–Kier alpha value is 9.76. The molecule has 14 nitrogen and oxygen atoms in total. The smallest absolute Gasteiger partial charge is 1.00 e. The van der Waals surface area contributed by atoms with E-state index in [-0.39, 0.29) is 349 Å². The number of hydrogen-bond acceptors (Lipinski definition) is 6. The molecule has 0 atom stereocenters. The van der Waals surface area contributed by atoms with Gasteiger partial charge in [-0.05, 0) is 19.3 Å². The van der Waals surface area contributed by atoms with Crippen LogP contribution in [0.5, 0.6) is 0 Å². The molecule has 0 spiro atoms. The number of rotatable bonds is 10. The van der Waals surface area contributed by atoms with Crippen LogP contribution in [0.4, 0.5) is 0 Å². The van der Waals surface area contributed by atoms with Gasteiger partial charge in [0.25, 0.3) is 0 Å². The van der Waals surface area contributed by atoms with E-state index in [0.717, 1.165) is 0 Å². The molecule has 0 radical (unpaired) electrons. The van der Waals surface area contributed by atoms with Crippen molar-refractivity contribution in [3.8, 4) is 0 Å². The molecule has 0 unspecified atom stereocenters. The third kappa shape index (κ3) is 29.6. The summed E-state index contributed by atoms with van der Waals surface area (Å²) in [6.45, 7) is -0.696. The van der Waals surface area contributed by atoms with Crippen molar-refractivity contribution in [3.05, 3.63) is 0 Å². The maximum absolute atomic E-state index is 10.9. The average Bonchev–Trinajstić information content (AvgIpc) is 2.30. The van der Waals surface area contributed by atoms with Crippen molar-refractivity contribution in [1.82, 2.24) is 0 Å². The fourth-order valence-corrected chi connectivity index (χ4v) is 5.32. The van der Waals surface area contributed by atoms with Gasteiger partial charge in [0, 0.05) is 13.1 Å². The molecule has 0 saturated carbocycles. The van der Waals surface area contributed by atoms with Crippen molar-refractivity contribution in [2.24, 2.45) is 9.98 Å². The summed E-state index contributed by atoms with van der Waals surface area (Å²) >= 11 is 0. The molecule has 0 aromatic carbocycles. The molecule has 160 valence electrons. The Bertz CT molecular complexity index is 645. The Morgan fingerprint density at radius 2 is 0.677 bits per heavy atom. The van der Waals surface area contributed by atoms with Crippen LogP contribution in [-0.2, 0) is 18.3 Å². The third-order valence-corrected chi connectivity index (χ3v) is 8.14. The second kappa shape index (κ2) is 27.3. The molecule has 0 rings (SSSR count). The van der Waals surface area contributed by atoms with Gasteiger partial charge in [0.15, 0.2) is 0 Å². The number of unbranched alkanes of at least 4 members (excludes halogenated alkanes) is 2. The first-order chi connectivity index (χ1) is 11.0. The molecular weight excluding hydrogens is 663 g/mol. The molecule has 0 aromatic rings. The summed E-state index contributed by atoms with van der Waals surface area (Å²) in [7, 11) is -20.9. The maximum atomic E-state index is 10.9. The van der Waals surface area contributed by atoms with E-state index in [1.165, 1.54) is 0 Å². The fraction of sp³-hybridized carbons (Fsp3) is 0.714. The minimum atomic E-state index is -5.22. The van der Waals surface area contributed by atoms with Gasteiger partial charge in [-0.3, -0.25) is 28.2 Å². The third-order valence-electron chi connectivity index (χ3n) is 2.36. The Kier molecular flexibility index (Phi) is 49.8. The van der Waals surface area contributed by atoms with Crippen LogP contribution in [-0.4, -0.2) is 62.6 Å². The standard InChI is InChI=1S/C7H18N2O12P4.6K.6H/c10-22(11,12)6(23(13,14)15)8-4-2-1-3-5-9-7(24(16,17)18)25(19,20)21;;;;;;;;;;;;/h1-5H2,(H2,10,11,12)(H2,13,14,15)(H2,16,17,18)(H2,19,20,21);;;;;;;;;;;;/q;6*+1;6*-1. The average molecular weight is 687 g/mol. The Morgan fingerprint density at radius 1 is 0.484 bits per heavy atom. The van der Waals surface area contributed by atoms with E-state index < -0.39 is 40.8 Å². The van der Waals surface area contributed by atoms with Crippen molar-refractivity contribution >= 4 is 40.8 Å². The van der Waals surface area contributed by atoms with Gasteiger partial charge in [0.1, 0.15) is 0 Å². The molecule has 0 aliphatic rings. The molecule has 0 aliphatic carbocycles. The van der Waals surface area contributed by atoms with Gasteiger partial charge in [-0.25, -0.2) is 0 Å². The largest absolute Gasteiger partial charge is 1.00 e. The molecule has 0 saturated heterocycles. The Balaban J connectivity index is -0.0000000436. The summed E-state index contributed by atoms with van der Waals surface area (Å²) in [5.74, 6) is 0. The molecule has 0 aliphatic heterocycles. The van der Waals surface area contributed by atoms with Crippen molar-refractivity contribution < 1.29 is 374 Å². The Morgan fingerprint density at radius 3 is 0.839 bits per heavy atom. The summed E-state index contributed by atoms with van der Waals surface area (Å²) in [6, 6.07) is 0. The van der Waals surface area contributed by atoms with Crippen LogP contribution in [0.2, 0.25) is 0 Å². The van der Waals surface area contributed by atoms with E-state index in [1.807, 2.05) is 0 Å². The van der Waals surface area contributed by atoms with Gasteiger partial charge < -0.3 is 47.7 Å². The molecule has 24 heteroatoms. The second-order valence-electron chi connectivity index (χ2n) is 4.60. The van der Waals surface area contributed by atoms with E-state index >= 15 is 0 Å². The van der Waals surface area contributed by atoms with Gasteiger partial charge in [-0.2, -0.15) is 0 Å². The van der Waals surface area contributed by atoms with E-state index in [1.54, 1.807) is 0 Å². The van der Waals surface area contributed by atoms with Crippen LogP contribution in [0.3, 0.4) is 0 Å². The Labute approximate surface area is 443 Å². The summed E-state index contributed by atoms with van der Waals surface area (Å²) in [4.78, 5) is 76.7. The minimum absolute atomic E-state index is 0. The quantitative estimate of drug-likeness (QED) is 0.0462. The number of hydrogen-bond donors (Lipinski definition) is 8. The molecule has 0 bridgehead atoms. The molecular formula is C7H24K6N2O12P4. The zero-order valence-corrected chi connectivity index (χ0v) is 40.7. The minimum Gasteiger partial charge on any atom is -1.00 e. The van der Waals surface area contributed by atoms with E-state index in [0.29, 0.717) is 0 Å². The van der Waals surface area contributed by atoms with Crippen molar-refractivity contribution in [1.29, 1.82) is 0 Å². The van der Waals surface area contributed by atoms with Crippen molar-refractivity contribution in [3.63, 3.8) is 0 Å². The van der Waals surface area contributed by atoms with Gasteiger partial charge in [0.05, 0.1) is 0 Å². The van der Waals surface area contributed by atoms with Crippen LogP contribution in [0, 0.1) is 0 Å². The predicted molar refractivity (Wildman–Crippen MR) is 93.3 cm³/mol. The normalized spacial score (nSPS) is 10.8. The first-order valence-electron chi connectivity index (χ1n) is 6.30. The molecule has 0 amide bonds. The molecule has 0 heterocycles. The first-order valence-corrected chi connectivity index (χ1v) is 12.8. The molecule has 8 N–H and O–H groups in total. The fourth-order valence-electron chi connectivity index (χ4n) is 1.47. The monoisotopic (exact) mass is 686 g/mol. The van der Waals surface area contributed by atoms with Gasteiger partial charge in [0.2, 0.25) is 10.4 Å². The van der Waals surface area contributed by atoms with Gasteiger partial charge in [-0.1, -0.05) is 0 Å². The van der Waals surface area contributed by atoms with Crippen LogP contribution < -0.4 is 308 Å². The predicted octanol–water partition coefficient (Wildman–Crippen LogP) is -17.7. The van der Waals surface area contributed by atoms with E-state index in [4.69, 9.17) is 39.1 Å². The van der Waals surface area contributed by atoms with Crippen molar-refractivity contribution in [2.45, 2.75) is 19.3 Å². The van der Waals surface area contributed by atoms with Crippen molar-refractivity contribution in [2.75, 3.05) is 13.1 Å². The molecule has 0 fully saturated rings. The number of nitrogens with zero attached hydrogens (tertiary/aromatic N) is 2. The summed E-state index contributed by atoms with van der Waals surface area (Å²) < 4.78 is 43.7. The SMILES string of the molecule is O=P(O)(O)C(=NCCCCCN=C(P(=O)(O)O)P(=O)(O)O)P(=O)(O)O.[H-].[H-].[H-].[H-].[H-].[H-].[K+].[K+].[K+].[K+].[K+].[K+]. The van der Waals surface area contributed by atoms with Crippen LogP contribution in [0.1, 0.15) is 27.8 Å². The molecule has 0 aromatic heterocycles. The van der Waals surface area contributed by atoms with E-state index in [9.17, 15) is 18.3 Å². The maximum Gasteiger partial charge on any atom is 1.00 e. The van der Waals surface area contributed by atoms with E-state index in [2.05, 4.69) is 9.98 Å². The van der Waals surface area contributed by atoms with Gasteiger partial charge in [-0.15, -0.1) is 0 Å². The topological polar surface area (TPSA) is 255 Å². The zero-order chi connectivity index (χ0) is 20.1.